The lowest BCUT2D eigenvalue weighted by Gasteiger charge is -2.33. The van der Waals surface area contributed by atoms with Gasteiger partial charge in [0.15, 0.2) is 0 Å². The standard InChI is InChI=1S/C10H20N2O2S/c1-6-10(3,14-5)9(13)12(4)7(2)8(11)15/h7H,6H2,1-5H3,(H2,11,15). The normalized spacial score (nSPS) is 16.6. The Labute approximate surface area is 96.8 Å². The van der Waals surface area contributed by atoms with E-state index in [1.165, 1.54) is 12.0 Å². The first-order valence-electron chi connectivity index (χ1n) is 4.92. The summed E-state index contributed by atoms with van der Waals surface area (Å²) in [6, 6.07) is -0.256. The van der Waals surface area contributed by atoms with E-state index < -0.39 is 5.60 Å². The molecule has 0 aliphatic heterocycles. The second-order valence-corrected chi connectivity index (χ2v) is 4.25. The van der Waals surface area contributed by atoms with Gasteiger partial charge in [0.1, 0.15) is 5.60 Å². The molecule has 1 amide bonds. The van der Waals surface area contributed by atoms with Crippen LogP contribution in [0.15, 0.2) is 0 Å². The minimum absolute atomic E-state index is 0.104. The van der Waals surface area contributed by atoms with E-state index in [0.29, 0.717) is 11.4 Å². The van der Waals surface area contributed by atoms with Crippen molar-refractivity contribution in [3.05, 3.63) is 0 Å². The van der Waals surface area contributed by atoms with Crippen molar-refractivity contribution < 1.29 is 9.53 Å². The minimum Gasteiger partial charge on any atom is -0.392 e. The van der Waals surface area contributed by atoms with E-state index >= 15 is 0 Å². The maximum Gasteiger partial charge on any atom is 0.254 e. The molecule has 0 aromatic heterocycles. The molecule has 0 rings (SSSR count). The Hall–Kier alpha value is -0.680. The molecule has 4 nitrogen and oxygen atoms in total. The number of likely N-dealkylation sites (N-methyl/N-ethyl adjacent to an activating group) is 1. The fourth-order valence-electron chi connectivity index (χ4n) is 1.12. The number of nitrogens with two attached hydrogens (primary N) is 1. The van der Waals surface area contributed by atoms with Gasteiger partial charge in [-0.1, -0.05) is 19.1 Å². The predicted octanol–water partition coefficient (Wildman–Crippen LogP) is 0.934. The summed E-state index contributed by atoms with van der Waals surface area (Å²) < 4.78 is 5.22. The first-order chi connectivity index (χ1) is 6.80. The summed E-state index contributed by atoms with van der Waals surface area (Å²) in [6.07, 6.45) is 0.608. The molecule has 0 aliphatic rings. The maximum absolute atomic E-state index is 12.1. The lowest BCUT2D eigenvalue weighted by Crippen LogP contribution is -2.52. The van der Waals surface area contributed by atoms with Crippen LogP contribution in [0.4, 0.5) is 0 Å². The van der Waals surface area contributed by atoms with Crippen molar-refractivity contribution in [1.29, 1.82) is 0 Å². The van der Waals surface area contributed by atoms with Gasteiger partial charge < -0.3 is 15.4 Å². The fourth-order valence-corrected chi connectivity index (χ4v) is 1.28. The Morgan fingerprint density at radius 2 is 2.13 bits per heavy atom. The zero-order chi connectivity index (χ0) is 12.2. The van der Waals surface area contributed by atoms with Crippen LogP contribution < -0.4 is 5.73 Å². The molecule has 0 heterocycles. The summed E-state index contributed by atoms with van der Waals surface area (Å²) >= 11 is 4.85. The van der Waals surface area contributed by atoms with Crippen LogP contribution in [-0.4, -0.2) is 41.6 Å². The molecule has 2 unspecified atom stereocenters. The minimum atomic E-state index is -0.798. The third-order valence-electron chi connectivity index (χ3n) is 2.89. The van der Waals surface area contributed by atoms with Crippen LogP contribution >= 0.6 is 12.2 Å². The summed E-state index contributed by atoms with van der Waals surface area (Å²) in [7, 11) is 3.21. The van der Waals surface area contributed by atoms with Crippen LogP contribution in [0.2, 0.25) is 0 Å². The molecule has 0 aromatic rings. The highest BCUT2D eigenvalue weighted by atomic mass is 32.1. The zero-order valence-corrected chi connectivity index (χ0v) is 10.9. The van der Waals surface area contributed by atoms with Crippen LogP contribution in [0.25, 0.3) is 0 Å². The Kier molecular flexibility index (Phi) is 5.17. The highest BCUT2D eigenvalue weighted by Gasteiger charge is 2.35. The highest BCUT2D eigenvalue weighted by Crippen LogP contribution is 2.18. The van der Waals surface area contributed by atoms with Crippen molar-refractivity contribution in [3.63, 3.8) is 0 Å². The Balaban J connectivity index is 4.77. The Morgan fingerprint density at radius 3 is 2.40 bits per heavy atom. The molecule has 0 radical (unpaired) electrons. The molecule has 0 spiro atoms. The number of carbonyl (C=O) groups excluding carboxylic acids is 1. The SMILES string of the molecule is CCC(C)(OC)C(=O)N(C)C(C)C(N)=S. The fraction of sp³-hybridized carbons (Fsp3) is 0.800. The largest absolute Gasteiger partial charge is 0.392 e. The van der Waals surface area contributed by atoms with Gasteiger partial charge in [-0.2, -0.15) is 0 Å². The highest BCUT2D eigenvalue weighted by molar-refractivity contribution is 7.80. The summed E-state index contributed by atoms with van der Waals surface area (Å²) in [5.74, 6) is -0.104. The van der Waals surface area contributed by atoms with Crippen LogP contribution in [0.5, 0.6) is 0 Å². The molecule has 2 atom stereocenters. The molecule has 0 bridgehead atoms. The first kappa shape index (κ1) is 14.3. The van der Waals surface area contributed by atoms with E-state index in [2.05, 4.69) is 0 Å². The molecule has 0 fully saturated rings. The average Bonchev–Trinajstić information content (AvgIpc) is 2.24. The van der Waals surface area contributed by atoms with Crippen LogP contribution in [0, 0.1) is 0 Å². The van der Waals surface area contributed by atoms with Gasteiger partial charge in [-0.3, -0.25) is 4.79 Å². The quantitative estimate of drug-likeness (QED) is 0.717. The third-order valence-corrected chi connectivity index (χ3v) is 3.23. The number of hydrogen-bond donors (Lipinski definition) is 1. The number of rotatable bonds is 5. The van der Waals surface area contributed by atoms with Crippen LogP contribution in [0.1, 0.15) is 27.2 Å². The van der Waals surface area contributed by atoms with E-state index in [9.17, 15) is 4.79 Å². The predicted molar refractivity (Wildman–Crippen MR) is 64.7 cm³/mol. The number of hydrogen-bond acceptors (Lipinski definition) is 3. The number of carbonyl (C=O) groups is 1. The van der Waals surface area contributed by atoms with Crippen molar-refractivity contribution in [2.24, 2.45) is 5.73 Å². The number of nitrogens with zero attached hydrogens (tertiary/aromatic N) is 1. The Morgan fingerprint density at radius 1 is 1.67 bits per heavy atom. The molecule has 0 aromatic carbocycles. The molecule has 2 N–H and O–H groups in total. The lowest BCUT2D eigenvalue weighted by molar-refractivity contribution is -0.152. The molecule has 5 heteroatoms. The van der Waals surface area contributed by atoms with Crippen molar-refractivity contribution in [2.45, 2.75) is 38.8 Å². The van der Waals surface area contributed by atoms with Gasteiger partial charge in [0.25, 0.3) is 5.91 Å². The molecular formula is C10H20N2O2S. The summed E-state index contributed by atoms with van der Waals surface area (Å²) in [5, 5.41) is 0. The summed E-state index contributed by atoms with van der Waals surface area (Å²) in [4.78, 5) is 13.9. The molecule has 88 valence electrons. The van der Waals surface area contributed by atoms with Gasteiger partial charge >= 0.3 is 0 Å². The van der Waals surface area contributed by atoms with Gasteiger partial charge in [0, 0.05) is 14.2 Å². The average molecular weight is 232 g/mol. The van der Waals surface area contributed by atoms with E-state index in [0.717, 1.165) is 0 Å². The van der Waals surface area contributed by atoms with Gasteiger partial charge in [0.05, 0.1) is 11.0 Å². The van der Waals surface area contributed by atoms with Crippen LogP contribution in [0.3, 0.4) is 0 Å². The van der Waals surface area contributed by atoms with Crippen molar-refractivity contribution in [3.8, 4) is 0 Å². The third kappa shape index (κ3) is 3.14. The lowest BCUT2D eigenvalue weighted by atomic mass is 10.0. The van der Waals surface area contributed by atoms with Gasteiger partial charge in [-0.15, -0.1) is 0 Å². The molecule has 0 aliphatic carbocycles. The zero-order valence-electron chi connectivity index (χ0n) is 10.0. The van der Waals surface area contributed by atoms with Crippen molar-refractivity contribution in [2.75, 3.05) is 14.2 Å². The van der Waals surface area contributed by atoms with E-state index in [4.69, 9.17) is 22.7 Å². The topological polar surface area (TPSA) is 55.6 Å². The number of ether oxygens (including phenoxy) is 1. The monoisotopic (exact) mass is 232 g/mol. The van der Waals surface area contributed by atoms with Crippen molar-refractivity contribution >= 4 is 23.1 Å². The van der Waals surface area contributed by atoms with Gasteiger partial charge in [-0.05, 0) is 20.3 Å². The second kappa shape index (κ2) is 5.42. The Bertz CT molecular complexity index is 252. The van der Waals surface area contributed by atoms with Crippen molar-refractivity contribution in [1.82, 2.24) is 4.90 Å². The number of methoxy groups -OCH3 is 1. The van der Waals surface area contributed by atoms with Crippen LogP contribution in [-0.2, 0) is 9.53 Å². The van der Waals surface area contributed by atoms with Gasteiger partial charge in [-0.25, -0.2) is 0 Å². The second-order valence-electron chi connectivity index (χ2n) is 3.78. The first-order valence-corrected chi connectivity index (χ1v) is 5.32. The molecule has 0 saturated heterocycles. The molecular weight excluding hydrogens is 212 g/mol. The summed E-state index contributed by atoms with van der Waals surface area (Å²) in [6.45, 7) is 5.46. The molecule has 0 saturated carbocycles. The van der Waals surface area contributed by atoms with Gasteiger partial charge in [0.2, 0.25) is 0 Å². The molecule has 15 heavy (non-hydrogen) atoms. The van der Waals surface area contributed by atoms with E-state index in [1.54, 1.807) is 20.9 Å². The summed E-state index contributed by atoms with van der Waals surface area (Å²) in [5.41, 5.74) is 4.70. The van der Waals surface area contributed by atoms with E-state index in [1.807, 2.05) is 6.92 Å². The van der Waals surface area contributed by atoms with E-state index in [-0.39, 0.29) is 11.9 Å². The maximum atomic E-state index is 12.1. The smallest absolute Gasteiger partial charge is 0.254 e. The number of amides is 1. The number of thiocarbonyl (C=S) groups is 1.